The molecule has 0 rings (SSSR count). The van der Waals surface area contributed by atoms with Crippen molar-refractivity contribution in [1.29, 1.82) is 0 Å². The van der Waals surface area contributed by atoms with Crippen molar-refractivity contribution in [3.05, 3.63) is 0 Å². The molecule has 0 saturated carbocycles. The molecule has 1 N–H and O–H groups in total. The first-order valence-corrected chi connectivity index (χ1v) is 6.72. The molecule has 0 radical (unpaired) electrons. The lowest BCUT2D eigenvalue weighted by molar-refractivity contribution is -0.139. The van der Waals surface area contributed by atoms with Crippen LogP contribution in [0, 0.1) is 0 Å². The Hall–Kier alpha value is -0.690. The summed E-state index contributed by atoms with van der Waals surface area (Å²) in [6, 6.07) is 0.248. The van der Waals surface area contributed by atoms with Crippen LogP contribution in [-0.2, 0) is 19.0 Å². The topological polar surface area (TPSA) is 68.2 Å². The molecule has 0 aromatic rings. The fourth-order valence-electron chi connectivity index (χ4n) is 1.53. The van der Waals surface area contributed by atoms with Crippen molar-refractivity contribution in [3.8, 4) is 0 Å². The number of methoxy groups -OCH3 is 1. The van der Waals surface area contributed by atoms with Gasteiger partial charge in [0.2, 0.25) is 0 Å². The minimum atomic E-state index is -0.803. The highest BCUT2D eigenvalue weighted by molar-refractivity contribution is 5.69. The number of nitrogens with zero attached hydrogens (tertiary/aromatic N) is 1. The normalized spacial score (nSPS) is 12.8. The highest BCUT2D eigenvalue weighted by Crippen LogP contribution is 2.02. The maximum Gasteiger partial charge on any atom is 0.317 e. The van der Waals surface area contributed by atoms with Crippen LogP contribution in [-0.4, -0.2) is 75.3 Å². The standard InChI is InChI=1S/C13H27NO5/c1-4-12(2)14(11-13(15)16)5-6-18-9-10-19-8-7-17-3/h12H,4-11H2,1-3H3,(H,15,16). The number of aliphatic carboxylic acids is 1. The van der Waals surface area contributed by atoms with Gasteiger partial charge in [-0.05, 0) is 13.3 Å². The molecule has 0 fully saturated rings. The predicted octanol–water partition coefficient (Wildman–Crippen LogP) is 0.851. The Bertz CT molecular complexity index is 225. The van der Waals surface area contributed by atoms with Crippen molar-refractivity contribution in [3.63, 3.8) is 0 Å². The second-order valence-electron chi connectivity index (χ2n) is 4.34. The Morgan fingerprint density at radius 1 is 1.16 bits per heavy atom. The monoisotopic (exact) mass is 277 g/mol. The summed E-state index contributed by atoms with van der Waals surface area (Å²) in [6.07, 6.45) is 0.924. The van der Waals surface area contributed by atoms with E-state index in [2.05, 4.69) is 0 Å². The van der Waals surface area contributed by atoms with Crippen molar-refractivity contribution < 1.29 is 24.1 Å². The lowest BCUT2D eigenvalue weighted by Gasteiger charge is -2.26. The second kappa shape index (κ2) is 12.3. The van der Waals surface area contributed by atoms with E-state index in [1.807, 2.05) is 18.7 Å². The van der Waals surface area contributed by atoms with Crippen LogP contribution in [0.2, 0.25) is 0 Å². The molecule has 114 valence electrons. The third-order valence-electron chi connectivity index (χ3n) is 2.88. The minimum Gasteiger partial charge on any atom is -0.480 e. The van der Waals surface area contributed by atoms with Gasteiger partial charge in [0.15, 0.2) is 0 Å². The molecule has 0 aliphatic heterocycles. The van der Waals surface area contributed by atoms with E-state index in [1.165, 1.54) is 0 Å². The number of ether oxygens (including phenoxy) is 3. The van der Waals surface area contributed by atoms with Crippen LogP contribution >= 0.6 is 0 Å². The summed E-state index contributed by atoms with van der Waals surface area (Å²) in [6.45, 7) is 7.48. The van der Waals surface area contributed by atoms with Gasteiger partial charge in [0, 0.05) is 19.7 Å². The van der Waals surface area contributed by atoms with E-state index in [9.17, 15) is 4.79 Å². The first-order valence-electron chi connectivity index (χ1n) is 6.72. The summed E-state index contributed by atoms with van der Waals surface area (Å²) in [5, 5.41) is 8.84. The molecule has 19 heavy (non-hydrogen) atoms. The molecule has 0 heterocycles. The summed E-state index contributed by atoms with van der Waals surface area (Å²) in [5.41, 5.74) is 0. The van der Waals surface area contributed by atoms with E-state index < -0.39 is 5.97 Å². The zero-order chi connectivity index (χ0) is 14.5. The molecule has 0 amide bonds. The van der Waals surface area contributed by atoms with Crippen LogP contribution in [0.25, 0.3) is 0 Å². The number of carboxylic acid groups (broad SMARTS) is 1. The van der Waals surface area contributed by atoms with Gasteiger partial charge in [-0.3, -0.25) is 9.69 Å². The average molecular weight is 277 g/mol. The zero-order valence-electron chi connectivity index (χ0n) is 12.3. The smallest absolute Gasteiger partial charge is 0.317 e. The SMILES string of the molecule is CCC(C)N(CCOCCOCCOC)CC(=O)O. The highest BCUT2D eigenvalue weighted by atomic mass is 16.5. The van der Waals surface area contributed by atoms with Gasteiger partial charge in [-0.1, -0.05) is 6.92 Å². The molecule has 6 heteroatoms. The van der Waals surface area contributed by atoms with Crippen LogP contribution in [0.15, 0.2) is 0 Å². The second-order valence-corrected chi connectivity index (χ2v) is 4.34. The largest absolute Gasteiger partial charge is 0.480 e. The summed E-state index contributed by atoms with van der Waals surface area (Å²) in [4.78, 5) is 12.7. The van der Waals surface area contributed by atoms with Crippen LogP contribution in [0.4, 0.5) is 0 Å². The first kappa shape index (κ1) is 18.3. The molecule has 6 nitrogen and oxygen atoms in total. The van der Waals surface area contributed by atoms with E-state index in [0.29, 0.717) is 39.6 Å². The minimum absolute atomic E-state index is 0.0582. The Balaban J connectivity index is 3.60. The van der Waals surface area contributed by atoms with E-state index in [0.717, 1.165) is 6.42 Å². The lowest BCUT2D eigenvalue weighted by atomic mass is 10.2. The molecular weight excluding hydrogens is 250 g/mol. The van der Waals surface area contributed by atoms with Crippen molar-refractivity contribution in [2.75, 3.05) is 53.2 Å². The fourth-order valence-corrected chi connectivity index (χ4v) is 1.53. The van der Waals surface area contributed by atoms with Crippen molar-refractivity contribution >= 4 is 5.97 Å². The number of carbonyl (C=O) groups is 1. The molecule has 0 aromatic heterocycles. The summed E-state index contributed by atoms with van der Waals surface area (Å²) in [5.74, 6) is -0.803. The van der Waals surface area contributed by atoms with Gasteiger partial charge in [-0.25, -0.2) is 0 Å². The van der Waals surface area contributed by atoms with Crippen LogP contribution in [0.1, 0.15) is 20.3 Å². The van der Waals surface area contributed by atoms with E-state index >= 15 is 0 Å². The van der Waals surface area contributed by atoms with Crippen molar-refractivity contribution in [2.24, 2.45) is 0 Å². The van der Waals surface area contributed by atoms with Gasteiger partial charge in [-0.15, -0.1) is 0 Å². The van der Waals surface area contributed by atoms with Crippen LogP contribution in [0.5, 0.6) is 0 Å². The average Bonchev–Trinajstić information content (AvgIpc) is 2.39. The number of hydrogen-bond donors (Lipinski definition) is 1. The van der Waals surface area contributed by atoms with E-state index in [1.54, 1.807) is 7.11 Å². The van der Waals surface area contributed by atoms with E-state index in [4.69, 9.17) is 19.3 Å². The quantitative estimate of drug-likeness (QED) is 0.503. The number of rotatable bonds is 13. The first-order chi connectivity index (χ1) is 9.11. The third-order valence-corrected chi connectivity index (χ3v) is 2.88. The molecular formula is C13H27NO5. The molecule has 1 atom stereocenters. The van der Waals surface area contributed by atoms with Crippen LogP contribution < -0.4 is 0 Å². The Kier molecular flexibility index (Phi) is 11.9. The van der Waals surface area contributed by atoms with Gasteiger partial charge >= 0.3 is 5.97 Å². The maximum absolute atomic E-state index is 10.8. The van der Waals surface area contributed by atoms with Crippen LogP contribution in [0.3, 0.4) is 0 Å². The summed E-state index contributed by atoms with van der Waals surface area (Å²) >= 11 is 0. The number of carboxylic acids is 1. The van der Waals surface area contributed by atoms with E-state index in [-0.39, 0.29) is 12.6 Å². The Labute approximate surface area is 115 Å². The maximum atomic E-state index is 10.8. The van der Waals surface area contributed by atoms with Gasteiger partial charge in [-0.2, -0.15) is 0 Å². The number of hydrogen-bond acceptors (Lipinski definition) is 5. The lowest BCUT2D eigenvalue weighted by Crippen LogP contribution is -2.39. The summed E-state index contributed by atoms with van der Waals surface area (Å²) < 4.78 is 15.5. The fraction of sp³-hybridized carbons (Fsp3) is 0.923. The Morgan fingerprint density at radius 2 is 1.74 bits per heavy atom. The Morgan fingerprint density at radius 3 is 2.26 bits per heavy atom. The van der Waals surface area contributed by atoms with Gasteiger partial charge in [0.05, 0.1) is 39.6 Å². The molecule has 1 unspecified atom stereocenters. The predicted molar refractivity (Wildman–Crippen MR) is 72.5 cm³/mol. The van der Waals surface area contributed by atoms with Gasteiger partial charge in [0.1, 0.15) is 0 Å². The van der Waals surface area contributed by atoms with Gasteiger partial charge < -0.3 is 19.3 Å². The molecule has 0 bridgehead atoms. The molecule has 0 aromatic carbocycles. The molecule has 0 saturated heterocycles. The molecule has 0 aliphatic rings. The molecule has 0 aliphatic carbocycles. The molecule has 0 spiro atoms. The zero-order valence-corrected chi connectivity index (χ0v) is 12.3. The summed E-state index contributed by atoms with van der Waals surface area (Å²) in [7, 11) is 1.63. The van der Waals surface area contributed by atoms with Crippen molar-refractivity contribution in [1.82, 2.24) is 4.90 Å². The van der Waals surface area contributed by atoms with Gasteiger partial charge in [0.25, 0.3) is 0 Å². The third kappa shape index (κ3) is 10.9. The highest BCUT2D eigenvalue weighted by Gasteiger charge is 2.14. The van der Waals surface area contributed by atoms with Crippen molar-refractivity contribution in [2.45, 2.75) is 26.3 Å².